The lowest BCUT2D eigenvalue weighted by Crippen LogP contribution is -2.43. The van der Waals surface area contributed by atoms with Crippen LogP contribution in [0.15, 0.2) is 60.8 Å². The van der Waals surface area contributed by atoms with Gasteiger partial charge in [0.1, 0.15) is 0 Å². The number of allylic oxidation sites excluding steroid dienone is 1. The molecule has 2 aromatic carbocycles. The number of nitrogens with zero attached hydrogens (tertiary/aromatic N) is 2. The molecular weight excluding hydrogens is 370 g/mol. The third-order valence-corrected chi connectivity index (χ3v) is 5.28. The number of hydrogen-bond donors (Lipinski definition) is 1. The maximum atomic E-state index is 12.7. The third-order valence-electron chi connectivity index (χ3n) is 5.28. The number of Topliss-reactive ketones (excluding diaryl/α,β-unsaturated/α-hetero) is 1. The molecular formula is C26H31N3O. The third kappa shape index (κ3) is 6.88. The smallest absolute Gasteiger partial charge is 0.167 e. The van der Waals surface area contributed by atoms with E-state index in [-0.39, 0.29) is 5.78 Å². The molecule has 2 aromatic rings. The summed E-state index contributed by atoms with van der Waals surface area (Å²) in [6, 6.07) is 16.0. The molecule has 1 aliphatic heterocycles. The van der Waals surface area contributed by atoms with E-state index in [0.717, 1.165) is 50.4 Å². The number of benzene rings is 2. The highest BCUT2D eigenvalue weighted by molar-refractivity contribution is 5.97. The monoisotopic (exact) mass is 401 g/mol. The van der Waals surface area contributed by atoms with Crippen LogP contribution < -0.4 is 5.32 Å². The molecule has 0 bridgehead atoms. The number of ketones is 1. The summed E-state index contributed by atoms with van der Waals surface area (Å²) in [5.41, 5.74) is 3.91. The fraction of sp³-hybridized carbons (Fsp3) is 0.346. The van der Waals surface area contributed by atoms with Crippen molar-refractivity contribution in [3.8, 4) is 11.8 Å². The summed E-state index contributed by atoms with van der Waals surface area (Å²) in [4.78, 5) is 17.6. The number of hydrogen-bond acceptors (Lipinski definition) is 4. The van der Waals surface area contributed by atoms with Crippen molar-refractivity contribution in [2.24, 2.45) is 0 Å². The fourth-order valence-electron chi connectivity index (χ4n) is 3.43. The standard InChI is InChI=1S/C26H31N3O/c1-3-27-14-5-4-7-22-8-6-9-25(19-22)26(30)20-23-10-12-24(13-11-23)21-29-17-15-28(2)16-18-29/h5-6,8-14,19,27H,3,15-18,20-21H2,1-2H3/b14-5+. The van der Waals surface area contributed by atoms with Gasteiger partial charge in [-0.15, -0.1) is 0 Å². The first-order valence-corrected chi connectivity index (χ1v) is 10.7. The average molecular weight is 402 g/mol. The Labute approximate surface area is 180 Å². The minimum atomic E-state index is 0.119. The van der Waals surface area contributed by atoms with Crippen LogP contribution in [0.1, 0.15) is 34.0 Å². The predicted octanol–water partition coefficient (Wildman–Crippen LogP) is 3.33. The maximum absolute atomic E-state index is 12.7. The van der Waals surface area contributed by atoms with Gasteiger partial charge in [-0.25, -0.2) is 0 Å². The summed E-state index contributed by atoms with van der Waals surface area (Å²) in [5.74, 6) is 6.18. The van der Waals surface area contributed by atoms with Crippen LogP contribution in [0.3, 0.4) is 0 Å². The second kappa shape index (κ2) is 11.3. The van der Waals surface area contributed by atoms with E-state index in [2.05, 4.69) is 58.3 Å². The predicted molar refractivity (Wildman–Crippen MR) is 123 cm³/mol. The van der Waals surface area contributed by atoms with Gasteiger partial charge in [-0.2, -0.15) is 0 Å². The molecule has 0 spiro atoms. The molecule has 0 atom stereocenters. The van der Waals surface area contributed by atoms with Gasteiger partial charge < -0.3 is 10.2 Å². The minimum Gasteiger partial charge on any atom is -0.391 e. The van der Waals surface area contributed by atoms with E-state index in [4.69, 9.17) is 0 Å². The molecule has 156 valence electrons. The molecule has 0 unspecified atom stereocenters. The van der Waals surface area contributed by atoms with E-state index in [1.165, 1.54) is 5.56 Å². The van der Waals surface area contributed by atoms with Crippen molar-refractivity contribution < 1.29 is 4.79 Å². The maximum Gasteiger partial charge on any atom is 0.167 e. The van der Waals surface area contributed by atoms with Crippen LogP contribution in [0, 0.1) is 11.8 Å². The van der Waals surface area contributed by atoms with Crippen LogP contribution in [0.5, 0.6) is 0 Å². The molecule has 1 aliphatic rings. The zero-order valence-corrected chi connectivity index (χ0v) is 18.0. The Balaban J connectivity index is 1.56. The van der Waals surface area contributed by atoms with Gasteiger partial charge in [0.15, 0.2) is 5.78 Å². The van der Waals surface area contributed by atoms with Gasteiger partial charge >= 0.3 is 0 Å². The molecule has 4 nitrogen and oxygen atoms in total. The van der Waals surface area contributed by atoms with Crippen molar-refractivity contribution in [2.75, 3.05) is 39.8 Å². The Bertz CT molecular complexity index is 913. The van der Waals surface area contributed by atoms with Gasteiger partial charge in [0, 0.05) is 69.1 Å². The number of likely N-dealkylation sites (N-methyl/N-ethyl adjacent to an activating group) is 1. The number of carbonyl (C=O) groups excluding carboxylic acids is 1. The molecule has 3 rings (SSSR count). The van der Waals surface area contributed by atoms with E-state index in [9.17, 15) is 4.79 Å². The van der Waals surface area contributed by atoms with Gasteiger partial charge in [-0.3, -0.25) is 9.69 Å². The van der Waals surface area contributed by atoms with Crippen molar-refractivity contribution in [3.63, 3.8) is 0 Å². The highest BCUT2D eigenvalue weighted by atomic mass is 16.1. The van der Waals surface area contributed by atoms with Crippen molar-refractivity contribution in [1.82, 2.24) is 15.1 Å². The number of piperazine rings is 1. The normalized spacial score (nSPS) is 15.0. The average Bonchev–Trinajstić information content (AvgIpc) is 2.77. The minimum absolute atomic E-state index is 0.119. The van der Waals surface area contributed by atoms with Crippen LogP contribution in [0.25, 0.3) is 0 Å². The molecule has 0 radical (unpaired) electrons. The van der Waals surface area contributed by atoms with E-state index in [0.29, 0.717) is 12.0 Å². The Hall–Kier alpha value is -2.87. The van der Waals surface area contributed by atoms with E-state index in [1.807, 2.05) is 37.4 Å². The van der Waals surface area contributed by atoms with Crippen molar-refractivity contribution in [1.29, 1.82) is 0 Å². The SMILES string of the molecule is CCN/C=C/C#Cc1cccc(C(=O)Cc2ccc(CN3CCN(C)CC3)cc2)c1. The van der Waals surface area contributed by atoms with Gasteiger partial charge in [-0.05, 0) is 37.2 Å². The van der Waals surface area contributed by atoms with Gasteiger partial charge in [-0.1, -0.05) is 48.2 Å². The van der Waals surface area contributed by atoms with Crippen LogP contribution >= 0.6 is 0 Å². The summed E-state index contributed by atoms with van der Waals surface area (Å²) in [7, 11) is 2.17. The highest BCUT2D eigenvalue weighted by Crippen LogP contribution is 2.13. The molecule has 1 saturated heterocycles. The topological polar surface area (TPSA) is 35.6 Å². The van der Waals surface area contributed by atoms with Crippen LogP contribution in [-0.2, 0) is 13.0 Å². The molecule has 0 saturated carbocycles. The number of carbonyl (C=O) groups is 1. The molecule has 30 heavy (non-hydrogen) atoms. The summed E-state index contributed by atoms with van der Waals surface area (Å²) >= 11 is 0. The molecule has 0 aliphatic carbocycles. The Morgan fingerprint density at radius 1 is 1.07 bits per heavy atom. The molecule has 1 fully saturated rings. The largest absolute Gasteiger partial charge is 0.391 e. The zero-order valence-electron chi connectivity index (χ0n) is 18.0. The molecule has 1 N–H and O–H groups in total. The Morgan fingerprint density at radius 3 is 2.53 bits per heavy atom. The molecule has 4 heteroatoms. The van der Waals surface area contributed by atoms with Crippen LogP contribution in [0.4, 0.5) is 0 Å². The van der Waals surface area contributed by atoms with Crippen molar-refractivity contribution in [3.05, 3.63) is 83.1 Å². The Morgan fingerprint density at radius 2 is 1.80 bits per heavy atom. The number of rotatable bonds is 7. The van der Waals surface area contributed by atoms with E-state index >= 15 is 0 Å². The summed E-state index contributed by atoms with van der Waals surface area (Å²) in [6.07, 6.45) is 4.02. The van der Waals surface area contributed by atoms with E-state index < -0.39 is 0 Å². The first-order valence-electron chi connectivity index (χ1n) is 10.7. The summed E-state index contributed by atoms with van der Waals surface area (Å²) < 4.78 is 0. The molecule has 0 aromatic heterocycles. The number of nitrogens with one attached hydrogen (secondary N) is 1. The highest BCUT2D eigenvalue weighted by Gasteiger charge is 2.14. The van der Waals surface area contributed by atoms with E-state index in [1.54, 1.807) is 6.08 Å². The van der Waals surface area contributed by atoms with Gasteiger partial charge in [0.2, 0.25) is 0 Å². The first kappa shape index (κ1) is 21.8. The lowest BCUT2D eigenvalue weighted by atomic mass is 10.0. The van der Waals surface area contributed by atoms with Gasteiger partial charge in [0.05, 0.1) is 0 Å². The van der Waals surface area contributed by atoms with Crippen molar-refractivity contribution >= 4 is 5.78 Å². The summed E-state index contributed by atoms with van der Waals surface area (Å²) in [5, 5.41) is 3.08. The fourth-order valence-corrected chi connectivity index (χ4v) is 3.43. The first-order chi connectivity index (χ1) is 14.6. The van der Waals surface area contributed by atoms with Gasteiger partial charge in [0.25, 0.3) is 0 Å². The quantitative estimate of drug-likeness (QED) is 0.570. The lowest BCUT2D eigenvalue weighted by Gasteiger charge is -2.32. The summed E-state index contributed by atoms with van der Waals surface area (Å²) in [6.45, 7) is 8.36. The second-order valence-corrected chi connectivity index (χ2v) is 7.74. The molecule has 1 heterocycles. The Kier molecular flexibility index (Phi) is 8.26. The zero-order chi connectivity index (χ0) is 21.2. The lowest BCUT2D eigenvalue weighted by molar-refractivity contribution is 0.0993. The van der Waals surface area contributed by atoms with Crippen molar-refractivity contribution in [2.45, 2.75) is 19.9 Å². The second-order valence-electron chi connectivity index (χ2n) is 7.74. The van der Waals surface area contributed by atoms with Crippen LogP contribution in [-0.4, -0.2) is 55.4 Å². The molecule has 0 amide bonds. The van der Waals surface area contributed by atoms with Crippen LogP contribution in [0.2, 0.25) is 0 Å².